The minimum atomic E-state index is -0.606. The van der Waals surface area contributed by atoms with Gasteiger partial charge in [-0.2, -0.15) is 4.37 Å². The first-order chi connectivity index (χ1) is 13.9. The summed E-state index contributed by atoms with van der Waals surface area (Å²) >= 11 is 7.71. The number of aromatic hydroxyl groups is 1. The summed E-state index contributed by atoms with van der Waals surface area (Å²) in [6.07, 6.45) is 1.33. The SMILES string of the molecule is C=CC(=O)N1CCN(c2snc3nc(-c4c(O)cccc4F)c(Cl)cc23)C(C)C1. The maximum Gasteiger partial charge on any atom is 0.246 e. The van der Waals surface area contributed by atoms with Gasteiger partial charge in [-0.05, 0) is 42.7 Å². The van der Waals surface area contributed by atoms with Crippen molar-refractivity contribution in [2.45, 2.75) is 13.0 Å². The van der Waals surface area contributed by atoms with E-state index in [2.05, 4.69) is 20.8 Å². The number of phenolic OH excluding ortho intramolecular Hbond substituents is 1. The van der Waals surface area contributed by atoms with Gasteiger partial charge in [-0.3, -0.25) is 4.79 Å². The second-order valence-corrected chi connectivity index (χ2v) is 8.00. The van der Waals surface area contributed by atoms with E-state index in [4.69, 9.17) is 11.6 Å². The molecule has 1 saturated heterocycles. The van der Waals surface area contributed by atoms with Gasteiger partial charge in [0, 0.05) is 25.7 Å². The first kappa shape index (κ1) is 19.6. The summed E-state index contributed by atoms with van der Waals surface area (Å²) < 4.78 is 18.7. The lowest BCUT2D eigenvalue weighted by Crippen LogP contribution is -2.53. The van der Waals surface area contributed by atoms with Crippen LogP contribution >= 0.6 is 23.1 Å². The van der Waals surface area contributed by atoms with Crippen LogP contribution < -0.4 is 4.90 Å². The molecule has 4 rings (SSSR count). The predicted octanol–water partition coefficient (Wildman–Crippen LogP) is 4.08. The minimum absolute atomic E-state index is 0.0427. The van der Waals surface area contributed by atoms with E-state index in [1.54, 1.807) is 11.0 Å². The zero-order chi connectivity index (χ0) is 20.7. The minimum Gasteiger partial charge on any atom is -0.507 e. The number of anilines is 1. The summed E-state index contributed by atoms with van der Waals surface area (Å²) in [7, 11) is 0. The van der Waals surface area contributed by atoms with Crippen molar-refractivity contribution in [2.24, 2.45) is 0 Å². The summed E-state index contributed by atoms with van der Waals surface area (Å²) in [5.74, 6) is -0.915. The number of hydrogen-bond acceptors (Lipinski definition) is 6. The molecule has 3 aromatic rings. The van der Waals surface area contributed by atoms with Crippen molar-refractivity contribution in [1.29, 1.82) is 0 Å². The van der Waals surface area contributed by atoms with Crippen LogP contribution in [0.25, 0.3) is 22.3 Å². The Morgan fingerprint density at radius 3 is 2.93 bits per heavy atom. The summed E-state index contributed by atoms with van der Waals surface area (Å²) in [5, 5.41) is 12.0. The van der Waals surface area contributed by atoms with Gasteiger partial charge in [0.2, 0.25) is 5.91 Å². The van der Waals surface area contributed by atoms with Crippen LogP contribution in [0, 0.1) is 5.82 Å². The number of halogens is 2. The first-order valence-electron chi connectivity index (χ1n) is 9.02. The highest BCUT2D eigenvalue weighted by molar-refractivity contribution is 7.11. The fraction of sp³-hybridized carbons (Fsp3) is 0.250. The lowest BCUT2D eigenvalue weighted by molar-refractivity contribution is -0.126. The summed E-state index contributed by atoms with van der Waals surface area (Å²) in [6.45, 7) is 7.38. The van der Waals surface area contributed by atoms with Gasteiger partial charge < -0.3 is 14.9 Å². The van der Waals surface area contributed by atoms with E-state index in [9.17, 15) is 14.3 Å². The van der Waals surface area contributed by atoms with Gasteiger partial charge in [0.25, 0.3) is 0 Å². The number of pyridine rings is 1. The molecule has 6 nitrogen and oxygen atoms in total. The average Bonchev–Trinajstić information content (AvgIpc) is 3.09. The molecule has 1 aromatic carbocycles. The van der Waals surface area contributed by atoms with E-state index in [1.165, 1.54) is 35.8 Å². The largest absolute Gasteiger partial charge is 0.507 e. The van der Waals surface area contributed by atoms with E-state index < -0.39 is 5.82 Å². The van der Waals surface area contributed by atoms with Crippen molar-refractivity contribution in [3.63, 3.8) is 0 Å². The Hall–Kier alpha value is -2.71. The standard InChI is InChI=1S/C20H18ClFN4O2S/c1-3-16(28)25-7-8-26(11(2)10-25)20-12-9-13(21)18(23-19(12)24-29-20)17-14(22)5-4-6-15(17)27/h3-6,9,11,27H,1,7-8,10H2,2H3. The van der Waals surface area contributed by atoms with Gasteiger partial charge in [-0.1, -0.05) is 24.2 Å². The fourth-order valence-corrected chi connectivity index (χ4v) is 4.74. The quantitative estimate of drug-likeness (QED) is 0.631. The molecule has 1 aliphatic rings. The number of phenols is 1. The van der Waals surface area contributed by atoms with Gasteiger partial charge in [-0.15, -0.1) is 0 Å². The molecule has 150 valence electrons. The van der Waals surface area contributed by atoms with Crippen molar-refractivity contribution >= 4 is 45.1 Å². The highest BCUT2D eigenvalue weighted by Crippen LogP contribution is 2.40. The monoisotopic (exact) mass is 432 g/mol. The van der Waals surface area contributed by atoms with Crippen molar-refractivity contribution in [3.8, 4) is 17.0 Å². The molecule has 0 saturated carbocycles. The van der Waals surface area contributed by atoms with E-state index in [-0.39, 0.29) is 34.0 Å². The van der Waals surface area contributed by atoms with Gasteiger partial charge in [0.05, 0.1) is 21.7 Å². The molecule has 1 unspecified atom stereocenters. The number of benzene rings is 1. The maximum atomic E-state index is 14.3. The molecule has 0 radical (unpaired) electrons. The number of piperazine rings is 1. The Bertz CT molecular complexity index is 1100. The van der Waals surface area contributed by atoms with Crippen molar-refractivity contribution in [3.05, 3.63) is 47.8 Å². The molecule has 1 N–H and O–H groups in total. The number of fused-ring (bicyclic) bond motifs is 1. The van der Waals surface area contributed by atoms with E-state index in [0.29, 0.717) is 25.3 Å². The number of hydrogen-bond donors (Lipinski definition) is 1. The predicted molar refractivity (Wildman–Crippen MR) is 113 cm³/mol. The topological polar surface area (TPSA) is 69.6 Å². The molecule has 2 aromatic heterocycles. The van der Waals surface area contributed by atoms with Crippen LogP contribution in [0.15, 0.2) is 36.9 Å². The second-order valence-electron chi connectivity index (χ2n) is 6.84. The Balaban J connectivity index is 1.72. The van der Waals surface area contributed by atoms with Crippen LogP contribution in [0.3, 0.4) is 0 Å². The number of aromatic nitrogens is 2. The summed E-state index contributed by atoms with van der Waals surface area (Å²) in [5.41, 5.74) is 0.545. The maximum absolute atomic E-state index is 14.3. The zero-order valence-electron chi connectivity index (χ0n) is 15.6. The second kappa shape index (κ2) is 7.61. The van der Waals surface area contributed by atoms with Crippen molar-refractivity contribution < 1.29 is 14.3 Å². The number of carbonyl (C=O) groups excluding carboxylic acids is 1. The number of amides is 1. The molecule has 0 aliphatic carbocycles. The van der Waals surface area contributed by atoms with Crippen LogP contribution in [-0.4, -0.2) is 50.9 Å². The third-order valence-corrected chi connectivity index (χ3v) is 6.19. The molecule has 3 heterocycles. The average molecular weight is 433 g/mol. The highest BCUT2D eigenvalue weighted by atomic mass is 35.5. The molecule has 0 spiro atoms. The third kappa shape index (κ3) is 3.42. The molecule has 1 fully saturated rings. The number of nitrogens with zero attached hydrogens (tertiary/aromatic N) is 4. The van der Waals surface area contributed by atoms with E-state index in [1.807, 2.05) is 6.92 Å². The van der Waals surface area contributed by atoms with E-state index >= 15 is 0 Å². The normalized spacial score (nSPS) is 17.0. The molecule has 0 bridgehead atoms. The summed E-state index contributed by atoms with van der Waals surface area (Å²) in [6, 6.07) is 5.83. The molecule has 9 heteroatoms. The third-order valence-electron chi connectivity index (χ3n) is 5.01. The lowest BCUT2D eigenvalue weighted by atomic mass is 10.1. The smallest absolute Gasteiger partial charge is 0.246 e. The molecular formula is C20H18ClFN4O2S. The number of carbonyl (C=O) groups is 1. The first-order valence-corrected chi connectivity index (χ1v) is 10.2. The Morgan fingerprint density at radius 2 is 2.24 bits per heavy atom. The van der Waals surface area contributed by atoms with Gasteiger partial charge in [-0.25, -0.2) is 9.37 Å². The molecule has 29 heavy (non-hydrogen) atoms. The summed E-state index contributed by atoms with van der Waals surface area (Å²) in [4.78, 5) is 20.3. The van der Waals surface area contributed by atoms with Gasteiger partial charge in [0.15, 0.2) is 5.65 Å². The van der Waals surface area contributed by atoms with Crippen LogP contribution in [0.4, 0.5) is 9.39 Å². The molecule has 1 atom stereocenters. The fourth-order valence-electron chi connectivity index (χ4n) is 3.56. The van der Waals surface area contributed by atoms with Crippen LogP contribution in [0.5, 0.6) is 5.75 Å². The van der Waals surface area contributed by atoms with Crippen molar-refractivity contribution in [1.82, 2.24) is 14.3 Å². The Morgan fingerprint density at radius 1 is 1.45 bits per heavy atom. The Labute approximate surface area is 176 Å². The van der Waals surface area contributed by atoms with Gasteiger partial charge in [0.1, 0.15) is 16.6 Å². The molecule has 1 amide bonds. The zero-order valence-corrected chi connectivity index (χ0v) is 17.2. The highest BCUT2D eigenvalue weighted by Gasteiger charge is 2.29. The van der Waals surface area contributed by atoms with Crippen molar-refractivity contribution in [2.75, 3.05) is 24.5 Å². The van der Waals surface area contributed by atoms with Crippen LogP contribution in [0.1, 0.15) is 6.92 Å². The molecular weight excluding hydrogens is 415 g/mol. The van der Waals surface area contributed by atoms with Crippen LogP contribution in [-0.2, 0) is 4.79 Å². The molecule has 1 aliphatic heterocycles. The van der Waals surface area contributed by atoms with Crippen LogP contribution in [0.2, 0.25) is 5.02 Å². The Kier molecular flexibility index (Phi) is 5.14. The lowest BCUT2D eigenvalue weighted by Gasteiger charge is -2.40. The van der Waals surface area contributed by atoms with Gasteiger partial charge >= 0.3 is 0 Å². The number of rotatable bonds is 3. The van der Waals surface area contributed by atoms with E-state index in [0.717, 1.165) is 10.4 Å².